The lowest BCUT2D eigenvalue weighted by atomic mass is 10.1. The van der Waals surface area contributed by atoms with Crippen molar-refractivity contribution in [3.63, 3.8) is 0 Å². The van der Waals surface area contributed by atoms with Crippen molar-refractivity contribution in [1.82, 2.24) is 5.32 Å². The highest BCUT2D eigenvalue weighted by Crippen LogP contribution is 2.21. The van der Waals surface area contributed by atoms with Gasteiger partial charge in [0.1, 0.15) is 0 Å². The molecule has 1 aromatic carbocycles. The van der Waals surface area contributed by atoms with Gasteiger partial charge in [-0.2, -0.15) is 0 Å². The molecule has 0 fully saturated rings. The number of aromatic hydroxyl groups is 1. The molecule has 1 amide bonds. The van der Waals surface area contributed by atoms with Crippen LogP contribution in [-0.4, -0.2) is 22.9 Å². The van der Waals surface area contributed by atoms with Gasteiger partial charge in [0.15, 0.2) is 17.4 Å². The van der Waals surface area contributed by atoms with E-state index >= 15 is 0 Å². The van der Waals surface area contributed by atoms with Crippen LogP contribution in [0.4, 0.5) is 13.6 Å². The molecule has 0 aromatic heterocycles. The second-order valence-corrected chi connectivity index (χ2v) is 2.89. The normalized spacial score (nSPS) is 10.0. The van der Waals surface area contributed by atoms with Crippen molar-refractivity contribution in [3.8, 4) is 5.75 Å². The summed E-state index contributed by atoms with van der Waals surface area (Å²) in [6.07, 6.45) is -1.05. The molecule has 0 radical (unpaired) electrons. The van der Waals surface area contributed by atoms with Crippen LogP contribution in [0, 0.1) is 11.6 Å². The second-order valence-electron chi connectivity index (χ2n) is 2.89. The van der Waals surface area contributed by atoms with Crippen molar-refractivity contribution < 1.29 is 23.8 Å². The number of phenols is 1. The van der Waals surface area contributed by atoms with Crippen molar-refractivity contribution >= 4 is 6.09 Å². The fourth-order valence-electron chi connectivity index (χ4n) is 1.08. The van der Waals surface area contributed by atoms with Crippen LogP contribution in [-0.2, 0) is 6.42 Å². The third kappa shape index (κ3) is 3.08. The van der Waals surface area contributed by atoms with E-state index in [2.05, 4.69) is 5.32 Å². The Balaban J connectivity index is 2.66. The molecule has 82 valence electrons. The van der Waals surface area contributed by atoms with Gasteiger partial charge in [0, 0.05) is 6.54 Å². The minimum atomic E-state index is -1.20. The highest BCUT2D eigenvalue weighted by Gasteiger charge is 2.09. The molecule has 0 spiro atoms. The van der Waals surface area contributed by atoms with Crippen LogP contribution in [0.3, 0.4) is 0 Å². The maximum absolute atomic E-state index is 12.8. The van der Waals surface area contributed by atoms with E-state index in [0.29, 0.717) is 0 Å². The molecular weight excluding hydrogens is 208 g/mol. The molecule has 1 rings (SSSR count). The number of benzene rings is 1. The Hall–Kier alpha value is -1.85. The first-order chi connectivity index (χ1) is 7.00. The van der Waals surface area contributed by atoms with Gasteiger partial charge in [-0.3, -0.25) is 0 Å². The first-order valence-electron chi connectivity index (χ1n) is 4.14. The van der Waals surface area contributed by atoms with Gasteiger partial charge < -0.3 is 15.5 Å². The standard InChI is InChI=1S/C9H9F2NO3/c10-6-3-5(1-2-12-9(14)15)4-7(11)8(6)13/h3-4,12-13H,1-2H2,(H,14,15). The molecule has 0 bridgehead atoms. The summed E-state index contributed by atoms with van der Waals surface area (Å²) in [5.41, 5.74) is 0.275. The zero-order valence-corrected chi connectivity index (χ0v) is 7.63. The van der Waals surface area contributed by atoms with E-state index in [-0.39, 0.29) is 18.5 Å². The van der Waals surface area contributed by atoms with Crippen molar-refractivity contribution in [2.24, 2.45) is 0 Å². The third-order valence-electron chi connectivity index (χ3n) is 1.77. The zero-order chi connectivity index (χ0) is 11.4. The number of carboxylic acid groups (broad SMARTS) is 1. The molecule has 15 heavy (non-hydrogen) atoms. The maximum atomic E-state index is 12.8. The lowest BCUT2D eigenvalue weighted by Crippen LogP contribution is -2.23. The van der Waals surface area contributed by atoms with Crippen LogP contribution in [0.5, 0.6) is 5.75 Å². The molecule has 0 saturated heterocycles. The highest BCUT2D eigenvalue weighted by molar-refractivity contribution is 5.64. The predicted octanol–water partition coefficient (Wildman–Crippen LogP) is 1.48. The number of nitrogens with one attached hydrogen (secondary N) is 1. The monoisotopic (exact) mass is 217 g/mol. The van der Waals surface area contributed by atoms with E-state index in [1.165, 1.54) is 0 Å². The van der Waals surface area contributed by atoms with E-state index in [9.17, 15) is 13.6 Å². The van der Waals surface area contributed by atoms with Crippen LogP contribution in [0.2, 0.25) is 0 Å². The number of rotatable bonds is 3. The molecular formula is C9H9F2NO3. The molecule has 0 atom stereocenters. The van der Waals surface area contributed by atoms with Crippen molar-refractivity contribution in [3.05, 3.63) is 29.3 Å². The minimum Gasteiger partial charge on any atom is -0.503 e. The number of carbonyl (C=O) groups is 1. The van der Waals surface area contributed by atoms with Crippen molar-refractivity contribution in [2.45, 2.75) is 6.42 Å². The van der Waals surface area contributed by atoms with Crippen LogP contribution in [0.1, 0.15) is 5.56 Å². The van der Waals surface area contributed by atoms with Gasteiger partial charge >= 0.3 is 6.09 Å². The summed E-state index contributed by atoms with van der Waals surface area (Å²) in [5.74, 6) is -3.13. The minimum absolute atomic E-state index is 0.0546. The topological polar surface area (TPSA) is 69.6 Å². The first-order valence-corrected chi connectivity index (χ1v) is 4.14. The summed E-state index contributed by atoms with van der Waals surface area (Å²) >= 11 is 0. The molecule has 3 N–H and O–H groups in total. The summed E-state index contributed by atoms with van der Waals surface area (Å²) in [4.78, 5) is 10.1. The number of hydrogen-bond acceptors (Lipinski definition) is 2. The highest BCUT2D eigenvalue weighted by atomic mass is 19.1. The lowest BCUT2D eigenvalue weighted by molar-refractivity contribution is 0.194. The van der Waals surface area contributed by atoms with Crippen molar-refractivity contribution in [1.29, 1.82) is 0 Å². The van der Waals surface area contributed by atoms with Crippen LogP contribution in [0.25, 0.3) is 0 Å². The van der Waals surface area contributed by atoms with E-state index in [4.69, 9.17) is 10.2 Å². The van der Waals surface area contributed by atoms with Gasteiger partial charge in [0.2, 0.25) is 0 Å². The van der Waals surface area contributed by atoms with Gasteiger partial charge in [-0.05, 0) is 24.1 Å². The summed E-state index contributed by atoms with van der Waals surface area (Å²) in [5, 5.41) is 19.1. The Morgan fingerprint density at radius 1 is 1.33 bits per heavy atom. The molecule has 0 aliphatic rings. The Morgan fingerprint density at radius 2 is 1.87 bits per heavy atom. The van der Waals surface area contributed by atoms with Gasteiger partial charge in [-0.15, -0.1) is 0 Å². The van der Waals surface area contributed by atoms with Crippen LogP contribution >= 0.6 is 0 Å². The second kappa shape index (κ2) is 4.59. The Kier molecular flexibility index (Phi) is 3.43. The molecule has 0 saturated carbocycles. The number of phenolic OH excluding ortho intramolecular Hbond substituents is 1. The molecule has 1 aromatic rings. The van der Waals surface area contributed by atoms with Crippen LogP contribution in [0.15, 0.2) is 12.1 Å². The molecule has 0 unspecified atom stereocenters. The molecule has 0 heterocycles. The lowest BCUT2D eigenvalue weighted by Gasteiger charge is -2.04. The average molecular weight is 217 g/mol. The van der Waals surface area contributed by atoms with E-state index in [0.717, 1.165) is 12.1 Å². The van der Waals surface area contributed by atoms with Gasteiger partial charge in [-0.25, -0.2) is 13.6 Å². The number of hydrogen-bond donors (Lipinski definition) is 3. The van der Waals surface area contributed by atoms with Crippen molar-refractivity contribution in [2.75, 3.05) is 6.54 Å². The summed E-state index contributed by atoms with van der Waals surface area (Å²) in [6.45, 7) is 0.0546. The molecule has 0 aliphatic heterocycles. The molecule has 4 nitrogen and oxygen atoms in total. The van der Waals surface area contributed by atoms with Gasteiger partial charge in [-0.1, -0.05) is 0 Å². The maximum Gasteiger partial charge on any atom is 0.404 e. The Bertz CT molecular complexity index is 359. The first kappa shape index (κ1) is 11.2. The smallest absolute Gasteiger partial charge is 0.404 e. The summed E-state index contributed by atoms with van der Waals surface area (Å²) in [6, 6.07) is 1.92. The van der Waals surface area contributed by atoms with Crippen LogP contribution < -0.4 is 5.32 Å². The van der Waals surface area contributed by atoms with E-state index in [1.807, 2.05) is 0 Å². The fourth-order valence-corrected chi connectivity index (χ4v) is 1.08. The third-order valence-corrected chi connectivity index (χ3v) is 1.77. The van der Waals surface area contributed by atoms with Gasteiger partial charge in [0.05, 0.1) is 0 Å². The largest absolute Gasteiger partial charge is 0.503 e. The SMILES string of the molecule is O=C(O)NCCc1cc(F)c(O)c(F)c1. The number of amides is 1. The van der Waals surface area contributed by atoms with E-state index < -0.39 is 23.5 Å². The zero-order valence-electron chi connectivity index (χ0n) is 7.63. The molecule has 0 aliphatic carbocycles. The Morgan fingerprint density at radius 3 is 2.33 bits per heavy atom. The van der Waals surface area contributed by atoms with Gasteiger partial charge in [0.25, 0.3) is 0 Å². The Labute approximate surface area is 84.2 Å². The summed E-state index contributed by atoms with van der Waals surface area (Å²) < 4.78 is 25.6. The average Bonchev–Trinajstić information content (AvgIpc) is 2.13. The predicted molar refractivity (Wildman–Crippen MR) is 47.8 cm³/mol. The number of halogens is 2. The van der Waals surface area contributed by atoms with E-state index in [1.54, 1.807) is 0 Å². The summed E-state index contributed by atoms with van der Waals surface area (Å²) in [7, 11) is 0. The quantitative estimate of drug-likeness (QED) is 0.718. The fraction of sp³-hybridized carbons (Fsp3) is 0.222. The molecule has 6 heteroatoms.